The van der Waals surface area contributed by atoms with Crippen LogP contribution in [0.2, 0.25) is 0 Å². The zero-order chi connectivity index (χ0) is 46.7. The molecule has 0 aliphatic carbocycles. The first-order valence-electron chi connectivity index (χ1n) is 24.1. The summed E-state index contributed by atoms with van der Waals surface area (Å²) in [4.78, 5) is 81.4. The highest BCUT2D eigenvalue weighted by atomic mass is 16.6. The summed E-state index contributed by atoms with van der Waals surface area (Å²) in [6.45, 7) is 14.8. The Hall–Kier alpha value is -5.48. The highest BCUT2D eigenvalue weighted by Gasteiger charge is 2.31. The van der Waals surface area contributed by atoms with Gasteiger partial charge in [-0.25, -0.2) is 9.59 Å². The van der Waals surface area contributed by atoms with Gasteiger partial charge in [-0.3, -0.25) is 48.1 Å². The number of hydrogen-bond donors (Lipinski definition) is 0. The molecule has 4 aromatic rings. The van der Waals surface area contributed by atoms with Gasteiger partial charge in [0.1, 0.15) is 13.1 Å². The molecule has 2 atom stereocenters. The summed E-state index contributed by atoms with van der Waals surface area (Å²) in [6, 6.07) is 13.9. The Labute approximate surface area is 381 Å². The van der Waals surface area contributed by atoms with Gasteiger partial charge in [-0.1, -0.05) is 24.3 Å². The van der Waals surface area contributed by atoms with Crippen LogP contribution in [0.25, 0.3) is 0 Å². The Balaban J connectivity index is 1.39. The number of para-hydroxylation sites is 2. The fourth-order valence-corrected chi connectivity index (χ4v) is 10.6. The van der Waals surface area contributed by atoms with Gasteiger partial charge in [0.05, 0.1) is 60.2 Å². The zero-order valence-corrected chi connectivity index (χ0v) is 39.1. The lowest BCUT2D eigenvalue weighted by molar-refractivity contribution is -0.939. The van der Waals surface area contributed by atoms with Crippen molar-refractivity contribution in [3.63, 3.8) is 0 Å². The van der Waals surface area contributed by atoms with Gasteiger partial charge in [0.15, 0.2) is 0 Å². The minimum Gasteiger partial charge on any atom is -0.320 e. The van der Waals surface area contributed by atoms with E-state index in [4.69, 9.17) is 0 Å². The van der Waals surface area contributed by atoms with E-state index in [1.54, 1.807) is 47.2 Å². The summed E-state index contributed by atoms with van der Waals surface area (Å²) in [7, 11) is 0. The van der Waals surface area contributed by atoms with E-state index >= 15 is 0 Å². The van der Waals surface area contributed by atoms with Crippen LogP contribution in [-0.4, -0.2) is 76.3 Å². The number of hydrogen-bond acceptors (Lipinski definition) is 8. The molecule has 0 radical (unpaired) electrons. The second-order valence-electron chi connectivity index (χ2n) is 18.6. The molecule has 0 amide bonds. The van der Waals surface area contributed by atoms with Crippen LogP contribution in [0.3, 0.4) is 0 Å². The highest BCUT2D eigenvalue weighted by Crippen LogP contribution is 2.27. The third-order valence-corrected chi connectivity index (χ3v) is 14.8. The van der Waals surface area contributed by atoms with Gasteiger partial charge in [-0.05, 0) is 117 Å². The molecule has 2 unspecified atom stereocenters. The van der Waals surface area contributed by atoms with Gasteiger partial charge in [-0.2, -0.15) is 0 Å². The Morgan fingerprint density at radius 2 is 0.815 bits per heavy atom. The number of nitro benzene ring substituents is 2. The minimum absolute atomic E-state index is 0.0140. The van der Waals surface area contributed by atoms with E-state index in [1.165, 1.54) is 9.13 Å². The van der Waals surface area contributed by atoms with Gasteiger partial charge in [0, 0.05) is 67.2 Å². The summed E-state index contributed by atoms with van der Waals surface area (Å²) < 4.78 is 7.39. The van der Waals surface area contributed by atoms with Crippen LogP contribution >= 0.6 is 0 Å². The SMILES string of the molecule is CC[N+]1(Cc2ccccc2[N+](=O)[O-])CCCCCn2c(C)c3c(=O)n(c2=O)CCCCC[N+](CC)(Cc2ccccc2[N+](=O)[O-])CCCCCn2c(C)c(c(=O)n(c2=O)CCCCC1)C3. The molecular formula is C49H70N8O8+2. The van der Waals surface area contributed by atoms with Crippen molar-refractivity contribution in [1.29, 1.82) is 0 Å². The second kappa shape index (κ2) is 22.1. The molecule has 352 valence electrons. The van der Waals surface area contributed by atoms with Crippen molar-refractivity contribution in [1.82, 2.24) is 18.3 Å². The molecular weight excluding hydrogens is 829 g/mol. The van der Waals surface area contributed by atoms with Crippen molar-refractivity contribution in [2.24, 2.45) is 0 Å². The van der Waals surface area contributed by atoms with Gasteiger partial charge in [0.25, 0.3) is 22.5 Å². The number of rotatable bonds is 8. The van der Waals surface area contributed by atoms with Crippen molar-refractivity contribution in [2.45, 2.75) is 150 Å². The number of nitrogens with zero attached hydrogens (tertiary/aromatic N) is 8. The van der Waals surface area contributed by atoms with Crippen molar-refractivity contribution >= 4 is 11.4 Å². The molecule has 0 N–H and O–H groups in total. The highest BCUT2D eigenvalue weighted by molar-refractivity contribution is 5.40. The van der Waals surface area contributed by atoms with E-state index in [0.29, 0.717) is 94.5 Å². The number of quaternary nitrogens is 2. The molecule has 6 bridgehead atoms. The minimum atomic E-state index is -0.405. The first-order valence-corrected chi connectivity index (χ1v) is 24.1. The van der Waals surface area contributed by atoms with Crippen molar-refractivity contribution in [3.8, 4) is 0 Å². The molecule has 2 aliphatic heterocycles. The second-order valence-corrected chi connectivity index (χ2v) is 18.6. The first kappa shape index (κ1) is 49.0. The molecule has 16 nitrogen and oxygen atoms in total. The van der Waals surface area contributed by atoms with Crippen LogP contribution < -0.4 is 22.5 Å². The fraction of sp³-hybridized carbons (Fsp3) is 0.592. The van der Waals surface area contributed by atoms with E-state index in [9.17, 15) is 39.4 Å². The molecule has 65 heavy (non-hydrogen) atoms. The maximum Gasteiger partial charge on any atom is 0.331 e. The quantitative estimate of drug-likeness (QED) is 0.102. The fourth-order valence-electron chi connectivity index (χ4n) is 10.6. The maximum absolute atomic E-state index is 14.6. The van der Waals surface area contributed by atoms with Gasteiger partial charge < -0.3 is 8.97 Å². The lowest BCUT2D eigenvalue weighted by Gasteiger charge is -2.38. The van der Waals surface area contributed by atoms with Crippen LogP contribution in [0.15, 0.2) is 67.7 Å². The molecule has 4 heterocycles. The summed E-state index contributed by atoms with van der Waals surface area (Å²) >= 11 is 0. The normalized spacial score (nSPS) is 20.8. The molecule has 0 saturated heterocycles. The van der Waals surface area contributed by atoms with Crippen molar-refractivity contribution < 1.29 is 18.8 Å². The molecule has 16 heteroatoms. The lowest BCUT2D eigenvalue weighted by Crippen LogP contribution is -2.49. The van der Waals surface area contributed by atoms with E-state index in [1.807, 2.05) is 24.3 Å². The molecule has 6 rings (SSSR count). The molecule has 2 aromatic heterocycles. The monoisotopic (exact) mass is 899 g/mol. The summed E-state index contributed by atoms with van der Waals surface area (Å²) in [6.07, 6.45) is 9.00. The van der Waals surface area contributed by atoms with Gasteiger partial charge in [-0.15, -0.1) is 0 Å². The Kier molecular flexibility index (Phi) is 16.7. The predicted octanol–water partition coefficient (Wildman–Crippen LogP) is 7.14. The van der Waals surface area contributed by atoms with Crippen molar-refractivity contribution in [2.75, 3.05) is 39.3 Å². The first-order chi connectivity index (χ1) is 31.2. The Bertz CT molecular complexity index is 2400. The molecule has 0 saturated carbocycles. The lowest BCUT2D eigenvalue weighted by atomic mass is 10.0. The smallest absolute Gasteiger partial charge is 0.320 e. The summed E-state index contributed by atoms with van der Waals surface area (Å²) in [5, 5.41) is 24.1. The number of fused-ring (bicyclic) bond motifs is 4. The number of nitro groups is 2. The van der Waals surface area contributed by atoms with Gasteiger partial charge >= 0.3 is 11.4 Å². The maximum atomic E-state index is 14.6. The van der Waals surface area contributed by atoms with Crippen LogP contribution in [-0.2, 0) is 45.7 Å². The van der Waals surface area contributed by atoms with E-state index < -0.39 is 11.1 Å². The topological polar surface area (TPSA) is 174 Å². The van der Waals surface area contributed by atoms with Crippen LogP contribution in [0.5, 0.6) is 0 Å². The Morgan fingerprint density at radius 3 is 1.14 bits per heavy atom. The van der Waals surface area contributed by atoms with E-state index in [0.717, 1.165) is 90.6 Å². The van der Waals surface area contributed by atoms with Gasteiger partial charge in [0.2, 0.25) is 0 Å². The number of aromatic nitrogens is 4. The van der Waals surface area contributed by atoms with Crippen molar-refractivity contribution in [3.05, 3.63) is 144 Å². The summed E-state index contributed by atoms with van der Waals surface area (Å²) in [5.74, 6) is 0. The molecule has 0 fully saturated rings. The largest absolute Gasteiger partial charge is 0.331 e. The molecule has 2 aromatic carbocycles. The van der Waals surface area contributed by atoms with Crippen LogP contribution in [0, 0.1) is 34.1 Å². The van der Waals surface area contributed by atoms with E-state index in [-0.39, 0.29) is 52.1 Å². The average molecular weight is 899 g/mol. The predicted molar refractivity (Wildman–Crippen MR) is 252 cm³/mol. The van der Waals surface area contributed by atoms with Crippen LogP contribution in [0.1, 0.15) is 125 Å². The average Bonchev–Trinajstić information content (AvgIpc) is 3.29. The standard InChI is InChI=1S/C49H70N8O8/c1-5-56(36-40-23-11-13-25-44(40)54(62)63)31-19-7-15-27-50-38(3)42-35-43-39(4)51(49(61)52(46(43)58)29-17-9-21-33-56)28-16-8-20-32-57(6-2,37-41-24-12-14-26-45(41)55(64)65)34-22-10-18-30-53(47(42)59)48(50)60/h11-14,23-26H,5-10,15-22,27-37H2,1-4H3/q+2. The third-order valence-electron chi connectivity index (χ3n) is 14.8. The number of benzene rings is 2. The Morgan fingerprint density at radius 1 is 0.492 bits per heavy atom. The summed E-state index contributed by atoms with van der Waals surface area (Å²) in [5.41, 5.74) is 1.93. The zero-order valence-electron chi connectivity index (χ0n) is 39.1. The molecule has 0 spiro atoms. The van der Waals surface area contributed by atoms with Crippen LogP contribution in [0.4, 0.5) is 11.4 Å². The van der Waals surface area contributed by atoms with E-state index in [2.05, 4.69) is 13.8 Å². The molecule has 2 aliphatic rings. The third kappa shape index (κ3) is 11.3.